The zero-order valence-electron chi connectivity index (χ0n) is 8.64. The highest BCUT2D eigenvalue weighted by atomic mass is 16.4. The molecular formula is C10H9N3O4. The second-order valence-electron chi connectivity index (χ2n) is 3.45. The first kappa shape index (κ1) is 10.9. The number of hydrogen-bond donors (Lipinski definition) is 3. The Morgan fingerprint density at radius 2 is 1.88 bits per heavy atom. The molecule has 7 heteroatoms. The number of carbonyl (C=O) groups is 1. The molecule has 0 fully saturated rings. The molecule has 1 heterocycles. The molecule has 7 nitrogen and oxygen atoms in total. The van der Waals surface area contributed by atoms with E-state index >= 15 is 0 Å². The summed E-state index contributed by atoms with van der Waals surface area (Å²) in [5, 5.41) is 13.1. The van der Waals surface area contributed by atoms with Gasteiger partial charge in [0.15, 0.2) is 0 Å². The lowest BCUT2D eigenvalue weighted by Crippen LogP contribution is -2.27. The second kappa shape index (κ2) is 4.12. The first-order chi connectivity index (χ1) is 8.08. The quantitative estimate of drug-likeness (QED) is 0.673. The third kappa shape index (κ3) is 2.17. The van der Waals surface area contributed by atoms with Crippen LogP contribution >= 0.6 is 0 Å². The second-order valence-corrected chi connectivity index (χ2v) is 3.45. The molecule has 0 saturated carbocycles. The van der Waals surface area contributed by atoms with Crippen molar-refractivity contribution < 1.29 is 9.90 Å². The largest absolute Gasteiger partial charge is 0.478 e. The molecule has 2 rings (SSSR count). The van der Waals surface area contributed by atoms with Crippen LogP contribution in [0.15, 0.2) is 33.9 Å². The van der Waals surface area contributed by atoms with Crippen molar-refractivity contribution >= 4 is 5.97 Å². The summed E-state index contributed by atoms with van der Waals surface area (Å²) < 4.78 is 0.945. The number of hydrogen-bond acceptors (Lipinski definition) is 3. The Balaban J connectivity index is 2.37. The van der Waals surface area contributed by atoms with Crippen LogP contribution in [0.2, 0.25) is 0 Å². The summed E-state index contributed by atoms with van der Waals surface area (Å²) in [7, 11) is 0. The molecule has 2 aromatic rings. The zero-order valence-corrected chi connectivity index (χ0v) is 8.64. The predicted molar refractivity (Wildman–Crippen MR) is 58.2 cm³/mol. The Labute approximate surface area is 94.3 Å². The molecule has 0 amide bonds. The van der Waals surface area contributed by atoms with Crippen LogP contribution in [-0.2, 0) is 6.54 Å². The summed E-state index contributed by atoms with van der Waals surface area (Å²) in [6.07, 6.45) is 0. The maximum absolute atomic E-state index is 11.2. The van der Waals surface area contributed by atoms with Crippen LogP contribution in [0.25, 0.3) is 0 Å². The molecule has 1 aromatic carbocycles. The van der Waals surface area contributed by atoms with Gasteiger partial charge in [-0.3, -0.25) is 0 Å². The molecule has 0 aliphatic rings. The van der Waals surface area contributed by atoms with Crippen molar-refractivity contribution in [2.75, 3.05) is 0 Å². The number of benzene rings is 1. The van der Waals surface area contributed by atoms with Crippen molar-refractivity contribution in [1.82, 2.24) is 14.8 Å². The van der Waals surface area contributed by atoms with Gasteiger partial charge in [-0.15, -0.1) is 0 Å². The standard InChI is InChI=1S/C10H9N3O4/c14-8(15)7-3-1-2-6(4-7)5-13-9(16)11-12-10(13)17/h1-4H,5H2,(H,11,16)(H,12,17)(H,14,15). The van der Waals surface area contributed by atoms with E-state index in [2.05, 4.69) is 10.2 Å². The first-order valence-electron chi connectivity index (χ1n) is 4.77. The fourth-order valence-corrected chi connectivity index (χ4v) is 1.46. The van der Waals surface area contributed by atoms with E-state index in [0.29, 0.717) is 5.56 Å². The SMILES string of the molecule is O=C(O)c1cccc(Cn2c(=O)[nH][nH]c2=O)c1. The zero-order chi connectivity index (χ0) is 12.4. The number of carboxylic acids is 1. The fourth-order valence-electron chi connectivity index (χ4n) is 1.46. The number of aromatic carboxylic acids is 1. The normalized spacial score (nSPS) is 10.4. The first-order valence-corrected chi connectivity index (χ1v) is 4.77. The smallest absolute Gasteiger partial charge is 0.344 e. The Bertz CT molecular complexity index is 637. The minimum atomic E-state index is -1.05. The highest BCUT2D eigenvalue weighted by Gasteiger charge is 2.06. The molecular weight excluding hydrogens is 226 g/mol. The average Bonchev–Trinajstić information content (AvgIpc) is 2.61. The minimum absolute atomic E-state index is 0.0266. The predicted octanol–water partition coefficient (Wildman–Crippen LogP) is -0.389. The van der Waals surface area contributed by atoms with Gasteiger partial charge in [-0.2, -0.15) is 0 Å². The van der Waals surface area contributed by atoms with Gasteiger partial charge in [0.1, 0.15) is 0 Å². The van der Waals surface area contributed by atoms with Crippen molar-refractivity contribution in [3.05, 3.63) is 56.4 Å². The number of nitrogens with one attached hydrogen (secondary N) is 2. The third-order valence-electron chi connectivity index (χ3n) is 2.28. The van der Waals surface area contributed by atoms with Crippen molar-refractivity contribution in [3.63, 3.8) is 0 Å². The van der Waals surface area contributed by atoms with Gasteiger partial charge >= 0.3 is 17.3 Å². The Morgan fingerprint density at radius 3 is 2.47 bits per heavy atom. The molecule has 0 unspecified atom stereocenters. The lowest BCUT2D eigenvalue weighted by Gasteiger charge is -2.01. The summed E-state index contributed by atoms with van der Waals surface area (Å²) in [4.78, 5) is 33.2. The van der Waals surface area contributed by atoms with Gasteiger partial charge in [-0.05, 0) is 17.7 Å². The lowest BCUT2D eigenvalue weighted by atomic mass is 10.1. The van der Waals surface area contributed by atoms with Crippen molar-refractivity contribution in [3.8, 4) is 0 Å². The van der Waals surface area contributed by atoms with Gasteiger partial charge in [-0.25, -0.2) is 29.1 Å². The number of aromatic amines is 2. The van der Waals surface area contributed by atoms with Crippen LogP contribution in [-0.4, -0.2) is 25.8 Å². The van der Waals surface area contributed by atoms with E-state index in [0.717, 1.165) is 4.57 Å². The molecule has 0 spiro atoms. The Kier molecular flexibility index (Phi) is 2.65. The summed E-state index contributed by atoms with van der Waals surface area (Å²) in [5.41, 5.74) is -0.439. The number of H-pyrrole nitrogens is 2. The van der Waals surface area contributed by atoms with Gasteiger partial charge in [-0.1, -0.05) is 12.1 Å². The maximum atomic E-state index is 11.2. The monoisotopic (exact) mass is 235 g/mol. The molecule has 3 N–H and O–H groups in total. The summed E-state index contributed by atoms with van der Waals surface area (Å²) in [6.45, 7) is 0.0266. The van der Waals surface area contributed by atoms with Crippen LogP contribution in [0, 0.1) is 0 Å². The molecule has 17 heavy (non-hydrogen) atoms. The summed E-state index contributed by atoms with van der Waals surface area (Å²) in [5.74, 6) is -1.05. The lowest BCUT2D eigenvalue weighted by molar-refractivity contribution is 0.0696. The van der Waals surface area contributed by atoms with Crippen LogP contribution in [0.3, 0.4) is 0 Å². The van der Waals surface area contributed by atoms with Crippen LogP contribution in [0.5, 0.6) is 0 Å². The molecule has 0 bridgehead atoms. The molecule has 0 radical (unpaired) electrons. The number of nitrogens with zero attached hydrogens (tertiary/aromatic N) is 1. The highest BCUT2D eigenvalue weighted by Crippen LogP contribution is 2.05. The highest BCUT2D eigenvalue weighted by molar-refractivity contribution is 5.87. The Morgan fingerprint density at radius 1 is 1.24 bits per heavy atom. The van der Waals surface area contributed by atoms with Gasteiger partial charge < -0.3 is 5.11 Å². The molecule has 0 saturated heterocycles. The van der Waals surface area contributed by atoms with Gasteiger partial charge in [0.25, 0.3) is 0 Å². The molecule has 88 valence electrons. The van der Waals surface area contributed by atoms with Crippen molar-refractivity contribution in [2.45, 2.75) is 6.54 Å². The topological polar surface area (TPSA) is 108 Å². The van der Waals surface area contributed by atoms with Gasteiger partial charge in [0.2, 0.25) is 0 Å². The van der Waals surface area contributed by atoms with E-state index in [1.807, 2.05) is 0 Å². The van der Waals surface area contributed by atoms with Crippen molar-refractivity contribution in [1.29, 1.82) is 0 Å². The van der Waals surface area contributed by atoms with E-state index in [-0.39, 0.29) is 12.1 Å². The van der Waals surface area contributed by atoms with E-state index in [1.54, 1.807) is 12.1 Å². The van der Waals surface area contributed by atoms with Gasteiger partial charge in [0.05, 0.1) is 12.1 Å². The van der Waals surface area contributed by atoms with E-state index < -0.39 is 17.3 Å². The molecule has 0 aliphatic carbocycles. The summed E-state index contributed by atoms with van der Waals surface area (Å²) >= 11 is 0. The van der Waals surface area contributed by atoms with Gasteiger partial charge in [0, 0.05) is 0 Å². The molecule has 0 atom stereocenters. The van der Waals surface area contributed by atoms with Crippen LogP contribution < -0.4 is 11.4 Å². The van der Waals surface area contributed by atoms with Crippen molar-refractivity contribution in [2.24, 2.45) is 0 Å². The Hall–Kier alpha value is -2.57. The van der Waals surface area contributed by atoms with E-state index in [9.17, 15) is 14.4 Å². The van der Waals surface area contributed by atoms with Crippen LogP contribution in [0.4, 0.5) is 0 Å². The fraction of sp³-hybridized carbons (Fsp3) is 0.100. The third-order valence-corrected chi connectivity index (χ3v) is 2.28. The van der Waals surface area contributed by atoms with E-state index in [4.69, 9.17) is 5.11 Å². The number of aromatic nitrogens is 3. The maximum Gasteiger partial charge on any atom is 0.344 e. The number of rotatable bonds is 3. The molecule has 1 aromatic heterocycles. The number of carboxylic acid groups (broad SMARTS) is 1. The average molecular weight is 235 g/mol. The summed E-state index contributed by atoms with van der Waals surface area (Å²) in [6, 6.07) is 6.06. The van der Waals surface area contributed by atoms with E-state index in [1.165, 1.54) is 12.1 Å². The van der Waals surface area contributed by atoms with Crippen LogP contribution in [0.1, 0.15) is 15.9 Å². The molecule has 0 aliphatic heterocycles. The minimum Gasteiger partial charge on any atom is -0.478 e.